The van der Waals surface area contributed by atoms with Crippen molar-refractivity contribution < 1.29 is 9.53 Å². The van der Waals surface area contributed by atoms with E-state index in [4.69, 9.17) is 4.74 Å². The second-order valence-electron chi connectivity index (χ2n) is 5.87. The van der Waals surface area contributed by atoms with Gasteiger partial charge in [-0.05, 0) is 23.3 Å². The summed E-state index contributed by atoms with van der Waals surface area (Å²) < 4.78 is 5.58. The number of ketones is 1. The quantitative estimate of drug-likeness (QED) is 0.416. The van der Waals surface area contributed by atoms with Crippen molar-refractivity contribution in [3.8, 4) is 0 Å². The largest absolute Gasteiger partial charge is 0.361 e. The molecule has 0 unspecified atom stereocenters. The van der Waals surface area contributed by atoms with Crippen molar-refractivity contribution in [1.29, 1.82) is 0 Å². The molecule has 0 radical (unpaired) electrons. The molecule has 2 nitrogen and oxygen atoms in total. The summed E-state index contributed by atoms with van der Waals surface area (Å²) in [5.74, 6) is 0.140. The number of hydrogen-bond donors (Lipinski definition) is 0. The van der Waals surface area contributed by atoms with Gasteiger partial charge in [-0.3, -0.25) is 4.79 Å². The van der Waals surface area contributed by atoms with Gasteiger partial charge in [0.2, 0.25) is 0 Å². The standard InChI is InChI=1S/C19H22O2/c1-2-3-4-5-10-17-19(21-17)18(20)16-12-11-14-8-6-7-9-15(14)13-16/h6-9,11-13,17,19H,2-5,10H2,1H3/t17-,19-/m1/s1. The second kappa shape index (κ2) is 6.40. The molecule has 0 N–H and O–H groups in total. The Bertz CT molecular complexity index is 632. The van der Waals surface area contributed by atoms with E-state index < -0.39 is 0 Å². The summed E-state index contributed by atoms with van der Waals surface area (Å²) in [4.78, 5) is 12.4. The number of benzene rings is 2. The second-order valence-corrected chi connectivity index (χ2v) is 5.87. The van der Waals surface area contributed by atoms with Crippen LogP contribution in [0.3, 0.4) is 0 Å². The maximum Gasteiger partial charge on any atom is 0.194 e. The lowest BCUT2D eigenvalue weighted by molar-refractivity contribution is 0.0954. The van der Waals surface area contributed by atoms with Crippen molar-refractivity contribution in [3.05, 3.63) is 48.0 Å². The first kappa shape index (κ1) is 14.3. The number of carbonyl (C=O) groups excluding carboxylic acids is 1. The third-order valence-electron chi connectivity index (χ3n) is 4.22. The van der Waals surface area contributed by atoms with Crippen molar-refractivity contribution >= 4 is 16.6 Å². The van der Waals surface area contributed by atoms with Crippen molar-refractivity contribution in [2.45, 2.75) is 51.2 Å². The predicted octanol–water partition coefficient (Wildman–Crippen LogP) is 4.76. The van der Waals surface area contributed by atoms with E-state index in [9.17, 15) is 4.79 Å². The number of unbranched alkanes of at least 4 members (excludes halogenated alkanes) is 3. The molecule has 0 bridgehead atoms. The number of ether oxygens (including phenoxy) is 1. The molecular weight excluding hydrogens is 260 g/mol. The van der Waals surface area contributed by atoms with Crippen LogP contribution in [0.25, 0.3) is 10.8 Å². The average Bonchev–Trinajstić information content (AvgIpc) is 3.30. The number of hydrogen-bond acceptors (Lipinski definition) is 2. The first-order valence-electron chi connectivity index (χ1n) is 7.98. The molecule has 1 aliphatic rings. The molecule has 1 aliphatic heterocycles. The van der Waals surface area contributed by atoms with Gasteiger partial charge in [-0.2, -0.15) is 0 Å². The fourth-order valence-corrected chi connectivity index (χ4v) is 2.87. The van der Waals surface area contributed by atoms with Gasteiger partial charge < -0.3 is 4.74 Å². The molecule has 2 atom stereocenters. The molecule has 2 aromatic rings. The molecule has 0 spiro atoms. The van der Waals surface area contributed by atoms with Gasteiger partial charge in [0.1, 0.15) is 6.10 Å². The highest BCUT2D eigenvalue weighted by Crippen LogP contribution is 2.31. The summed E-state index contributed by atoms with van der Waals surface area (Å²) >= 11 is 0. The minimum atomic E-state index is -0.201. The van der Waals surface area contributed by atoms with Gasteiger partial charge in [-0.25, -0.2) is 0 Å². The summed E-state index contributed by atoms with van der Waals surface area (Å²) in [6.45, 7) is 2.21. The number of rotatable bonds is 7. The molecule has 0 amide bonds. The van der Waals surface area contributed by atoms with Gasteiger partial charge in [0, 0.05) is 5.56 Å². The Kier molecular flexibility index (Phi) is 4.35. The van der Waals surface area contributed by atoms with E-state index in [1.807, 2.05) is 36.4 Å². The van der Waals surface area contributed by atoms with Crippen LogP contribution in [0.15, 0.2) is 42.5 Å². The molecule has 0 aliphatic carbocycles. The van der Waals surface area contributed by atoms with Gasteiger partial charge in [-0.15, -0.1) is 0 Å². The zero-order chi connectivity index (χ0) is 14.7. The minimum absolute atomic E-state index is 0.140. The van der Waals surface area contributed by atoms with Crippen LogP contribution < -0.4 is 0 Å². The topological polar surface area (TPSA) is 29.6 Å². The molecule has 1 heterocycles. The summed E-state index contributed by atoms with van der Waals surface area (Å²) in [6.07, 6.45) is 5.90. The predicted molar refractivity (Wildman–Crippen MR) is 85.7 cm³/mol. The number of epoxide rings is 1. The van der Waals surface area contributed by atoms with Crippen molar-refractivity contribution in [1.82, 2.24) is 0 Å². The summed E-state index contributed by atoms with van der Waals surface area (Å²) in [7, 11) is 0. The van der Waals surface area contributed by atoms with Crippen LogP contribution in [0.4, 0.5) is 0 Å². The Labute approximate surface area is 126 Å². The van der Waals surface area contributed by atoms with Crippen LogP contribution in [-0.2, 0) is 4.74 Å². The first-order chi connectivity index (χ1) is 10.3. The normalized spacial score (nSPS) is 20.6. The number of Topliss-reactive ketones (excluding diaryl/α,β-unsaturated/α-hetero) is 1. The summed E-state index contributed by atoms with van der Waals surface area (Å²) in [6, 6.07) is 14.0. The van der Waals surface area contributed by atoms with Crippen molar-refractivity contribution in [2.24, 2.45) is 0 Å². The maximum atomic E-state index is 12.4. The zero-order valence-corrected chi connectivity index (χ0v) is 12.5. The molecule has 21 heavy (non-hydrogen) atoms. The van der Waals surface area contributed by atoms with Gasteiger partial charge in [-0.1, -0.05) is 69.0 Å². The van der Waals surface area contributed by atoms with Crippen LogP contribution in [0.1, 0.15) is 49.4 Å². The lowest BCUT2D eigenvalue weighted by Crippen LogP contribution is -2.10. The summed E-state index contributed by atoms with van der Waals surface area (Å²) in [5, 5.41) is 2.28. The maximum absolute atomic E-state index is 12.4. The van der Waals surface area contributed by atoms with Crippen molar-refractivity contribution in [2.75, 3.05) is 0 Å². The fourth-order valence-electron chi connectivity index (χ4n) is 2.87. The Morgan fingerprint density at radius 1 is 1.05 bits per heavy atom. The van der Waals surface area contributed by atoms with Crippen LogP contribution in [0, 0.1) is 0 Å². The lowest BCUT2D eigenvalue weighted by Gasteiger charge is -2.01. The highest BCUT2D eigenvalue weighted by molar-refractivity contribution is 6.04. The Balaban J connectivity index is 1.60. The van der Waals surface area contributed by atoms with E-state index in [2.05, 4.69) is 13.0 Å². The molecule has 1 fully saturated rings. The summed E-state index contributed by atoms with van der Waals surface area (Å²) in [5.41, 5.74) is 0.773. The smallest absolute Gasteiger partial charge is 0.194 e. The Morgan fingerprint density at radius 3 is 2.67 bits per heavy atom. The van der Waals surface area contributed by atoms with Crippen LogP contribution in [0.5, 0.6) is 0 Å². The first-order valence-corrected chi connectivity index (χ1v) is 7.98. The van der Waals surface area contributed by atoms with Crippen LogP contribution in [-0.4, -0.2) is 18.0 Å². The fraction of sp³-hybridized carbons (Fsp3) is 0.421. The van der Waals surface area contributed by atoms with Gasteiger partial charge in [0.25, 0.3) is 0 Å². The molecule has 0 aromatic heterocycles. The van der Waals surface area contributed by atoms with E-state index in [0.717, 1.165) is 17.4 Å². The van der Waals surface area contributed by atoms with E-state index in [1.165, 1.54) is 31.1 Å². The minimum Gasteiger partial charge on any atom is -0.361 e. The zero-order valence-electron chi connectivity index (χ0n) is 12.5. The average molecular weight is 282 g/mol. The van der Waals surface area contributed by atoms with E-state index in [0.29, 0.717) is 0 Å². The van der Waals surface area contributed by atoms with Crippen molar-refractivity contribution in [3.63, 3.8) is 0 Å². The molecular formula is C19H22O2. The number of carbonyl (C=O) groups is 1. The molecule has 1 saturated heterocycles. The molecule has 110 valence electrons. The Morgan fingerprint density at radius 2 is 1.86 bits per heavy atom. The van der Waals surface area contributed by atoms with Crippen LogP contribution >= 0.6 is 0 Å². The van der Waals surface area contributed by atoms with Gasteiger partial charge >= 0.3 is 0 Å². The SMILES string of the molecule is CCCCCC[C@H]1O[C@H]1C(=O)c1ccc2ccccc2c1. The number of fused-ring (bicyclic) bond motifs is 1. The molecule has 3 rings (SSSR count). The van der Waals surface area contributed by atoms with E-state index >= 15 is 0 Å². The molecule has 2 aromatic carbocycles. The van der Waals surface area contributed by atoms with Crippen LogP contribution in [0.2, 0.25) is 0 Å². The Hall–Kier alpha value is -1.67. The molecule has 0 saturated carbocycles. The van der Waals surface area contributed by atoms with Gasteiger partial charge in [0.15, 0.2) is 5.78 Å². The highest BCUT2D eigenvalue weighted by atomic mass is 16.6. The third-order valence-corrected chi connectivity index (χ3v) is 4.22. The lowest BCUT2D eigenvalue weighted by atomic mass is 10.0. The molecule has 2 heteroatoms. The van der Waals surface area contributed by atoms with E-state index in [-0.39, 0.29) is 18.0 Å². The van der Waals surface area contributed by atoms with E-state index in [1.54, 1.807) is 0 Å². The third kappa shape index (κ3) is 3.33. The van der Waals surface area contributed by atoms with Gasteiger partial charge in [0.05, 0.1) is 6.10 Å². The monoisotopic (exact) mass is 282 g/mol. The highest BCUT2D eigenvalue weighted by Gasteiger charge is 2.44.